The summed E-state index contributed by atoms with van der Waals surface area (Å²) < 4.78 is 39.9. The highest BCUT2D eigenvalue weighted by Gasteiger charge is 2.52. The highest BCUT2D eigenvalue weighted by Crippen LogP contribution is 2.48. The Morgan fingerprint density at radius 3 is 1.45 bits per heavy atom. The van der Waals surface area contributed by atoms with Crippen LogP contribution in [0.25, 0.3) is 0 Å². The minimum atomic E-state index is -4.40. The SMILES string of the molecule is CC(C)(CC(O)(c1ccccc1)c1ccccc1)C(F)(F)F. The Morgan fingerprint density at radius 2 is 1.14 bits per heavy atom. The van der Waals surface area contributed by atoms with Crippen LogP contribution in [0, 0.1) is 5.41 Å². The molecule has 0 amide bonds. The molecule has 1 nitrogen and oxygen atoms in total. The second-order valence-corrected chi connectivity index (χ2v) is 6.15. The second kappa shape index (κ2) is 5.76. The molecule has 2 rings (SSSR count). The van der Waals surface area contributed by atoms with Crippen molar-refractivity contribution >= 4 is 0 Å². The van der Waals surface area contributed by atoms with Crippen LogP contribution in [-0.4, -0.2) is 11.3 Å². The predicted molar refractivity (Wildman–Crippen MR) is 80.3 cm³/mol. The van der Waals surface area contributed by atoms with Crippen molar-refractivity contribution < 1.29 is 18.3 Å². The quantitative estimate of drug-likeness (QED) is 0.851. The molecule has 4 heteroatoms. The van der Waals surface area contributed by atoms with Crippen LogP contribution >= 0.6 is 0 Å². The lowest BCUT2D eigenvalue weighted by atomic mass is 9.73. The summed E-state index contributed by atoms with van der Waals surface area (Å²) in [4.78, 5) is 0. The van der Waals surface area contributed by atoms with Gasteiger partial charge in [0.1, 0.15) is 5.60 Å². The van der Waals surface area contributed by atoms with E-state index in [0.717, 1.165) is 13.8 Å². The second-order valence-electron chi connectivity index (χ2n) is 6.15. The maximum Gasteiger partial charge on any atom is 0.394 e. The normalized spacial score (nSPS) is 13.2. The molecule has 0 saturated heterocycles. The molecule has 0 bridgehead atoms. The topological polar surface area (TPSA) is 20.2 Å². The standard InChI is InChI=1S/C18H19F3O/c1-16(2,18(19,20)21)13-17(22,14-9-5-3-6-10-14)15-11-7-4-8-12-15/h3-12,22H,13H2,1-2H3. The first-order chi connectivity index (χ1) is 10.2. The molecule has 22 heavy (non-hydrogen) atoms. The smallest absolute Gasteiger partial charge is 0.380 e. The number of hydrogen-bond donors (Lipinski definition) is 1. The fraction of sp³-hybridized carbons (Fsp3) is 0.333. The van der Waals surface area contributed by atoms with Gasteiger partial charge in [0.2, 0.25) is 0 Å². The zero-order valence-corrected chi connectivity index (χ0v) is 12.6. The largest absolute Gasteiger partial charge is 0.394 e. The van der Waals surface area contributed by atoms with Gasteiger partial charge in [0.25, 0.3) is 0 Å². The average Bonchev–Trinajstić information content (AvgIpc) is 2.47. The van der Waals surface area contributed by atoms with Crippen LogP contribution in [0.15, 0.2) is 60.7 Å². The van der Waals surface area contributed by atoms with Crippen LogP contribution in [0.2, 0.25) is 0 Å². The van der Waals surface area contributed by atoms with Crippen molar-refractivity contribution in [2.45, 2.75) is 32.0 Å². The van der Waals surface area contributed by atoms with Gasteiger partial charge >= 0.3 is 6.18 Å². The van der Waals surface area contributed by atoms with Crippen LogP contribution in [0.4, 0.5) is 13.2 Å². The van der Waals surface area contributed by atoms with Crippen LogP contribution in [0.1, 0.15) is 31.4 Å². The third-order valence-corrected chi connectivity index (χ3v) is 3.97. The molecule has 0 unspecified atom stereocenters. The van der Waals surface area contributed by atoms with E-state index in [1.165, 1.54) is 0 Å². The number of hydrogen-bond acceptors (Lipinski definition) is 1. The van der Waals surface area contributed by atoms with Crippen molar-refractivity contribution in [1.29, 1.82) is 0 Å². The molecule has 0 aromatic heterocycles. The van der Waals surface area contributed by atoms with Gasteiger partial charge in [-0.05, 0) is 17.5 Å². The maximum atomic E-state index is 13.3. The van der Waals surface area contributed by atoms with E-state index in [4.69, 9.17) is 0 Å². The first-order valence-electron chi connectivity index (χ1n) is 7.07. The molecule has 0 radical (unpaired) electrons. The summed E-state index contributed by atoms with van der Waals surface area (Å²) >= 11 is 0. The minimum Gasteiger partial charge on any atom is -0.380 e. The molecule has 2 aromatic rings. The van der Waals surface area contributed by atoms with Gasteiger partial charge in [-0.1, -0.05) is 74.5 Å². The van der Waals surface area contributed by atoms with Gasteiger partial charge < -0.3 is 5.11 Å². The summed E-state index contributed by atoms with van der Waals surface area (Å²) in [6, 6.07) is 17.0. The molecule has 1 N–H and O–H groups in total. The van der Waals surface area contributed by atoms with Gasteiger partial charge in [-0.25, -0.2) is 0 Å². The minimum absolute atomic E-state index is 0.447. The monoisotopic (exact) mass is 308 g/mol. The molecule has 118 valence electrons. The Bertz CT molecular complexity index is 564. The van der Waals surface area contributed by atoms with E-state index in [0.29, 0.717) is 11.1 Å². The van der Waals surface area contributed by atoms with E-state index >= 15 is 0 Å². The fourth-order valence-corrected chi connectivity index (χ4v) is 2.54. The van der Waals surface area contributed by atoms with Gasteiger partial charge in [-0.3, -0.25) is 0 Å². The lowest BCUT2D eigenvalue weighted by molar-refractivity contribution is -0.225. The van der Waals surface area contributed by atoms with E-state index in [-0.39, 0.29) is 0 Å². The van der Waals surface area contributed by atoms with Crippen LogP contribution in [0.3, 0.4) is 0 Å². The lowest BCUT2D eigenvalue weighted by Crippen LogP contribution is -2.41. The Hall–Kier alpha value is -1.81. The van der Waals surface area contributed by atoms with Crippen LogP contribution in [0.5, 0.6) is 0 Å². The van der Waals surface area contributed by atoms with Gasteiger partial charge in [0, 0.05) is 0 Å². The van der Waals surface area contributed by atoms with Gasteiger partial charge in [-0.15, -0.1) is 0 Å². The molecule has 2 aromatic carbocycles. The van der Waals surface area contributed by atoms with Crippen molar-refractivity contribution in [2.75, 3.05) is 0 Å². The Morgan fingerprint density at radius 1 is 0.773 bits per heavy atom. The third kappa shape index (κ3) is 3.17. The van der Waals surface area contributed by atoms with Gasteiger partial charge in [0.15, 0.2) is 0 Å². The summed E-state index contributed by atoms with van der Waals surface area (Å²) in [7, 11) is 0. The third-order valence-electron chi connectivity index (χ3n) is 3.97. The number of alkyl halides is 3. The predicted octanol–water partition coefficient (Wildman–Crippen LogP) is 4.90. The molecule has 0 aliphatic heterocycles. The summed E-state index contributed by atoms with van der Waals surface area (Å²) in [6.07, 6.45) is -4.85. The molecule has 0 fully saturated rings. The maximum absolute atomic E-state index is 13.3. The Balaban J connectivity index is 2.53. The fourth-order valence-electron chi connectivity index (χ4n) is 2.54. The van der Waals surface area contributed by atoms with E-state index < -0.39 is 23.6 Å². The van der Waals surface area contributed by atoms with Gasteiger partial charge in [0.05, 0.1) is 5.41 Å². The highest BCUT2D eigenvalue weighted by atomic mass is 19.4. The first-order valence-corrected chi connectivity index (χ1v) is 7.07. The Kier molecular flexibility index (Phi) is 4.34. The van der Waals surface area contributed by atoms with E-state index in [2.05, 4.69) is 0 Å². The van der Waals surface area contributed by atoms with Crippen molar-refractivity contribution in [3.05, 3.63) is 71.8 Å². The molecule has 0 spiro atoms. The first kappa shape index (κ1) is 16.6. The van der Waals surface area contributed by atoms with Crippen molar-refractivity contribution in [3.63, 3.8) is 0 Å². The number of aliphatic hydroxyl groups is 1. The molecule has 0 aliphatic carbocycles. The van der Waals surface area contributed by atoms with Crippen LogP contribution < -0.4 is 0 Å². The highest BCUT2D eigenvalue weighted by molar-refractivity contribution is 5.36. The molecule has 0 aliphatic rings. The van der Waals surface area contributed by atoms with Gasteiger partial charge in [-0.2, -0.15) is 13.2 Å². The summed E-state index contributed by atoms with van der Waals surface area (Å²) in [6.45, 7) is 2.23. The molecule has 0 atom stereocenters. The summed E-state index contributed by atoms with van der Waals surface area (Å²) in [5.41, 5.74) is -2.80. The lowest BCUT2D eigenvalue weighted by Gasteiger charge is -2.38. The average molecular weight is 308 g/mol. The van der Waals surface area contributed by atoms with E-state index in [9.17, 15) is 18.3 Å². The Labute approximate surface area is 128 Å². The molecular formula is C18H19F3O. The van der Waals surface area contributed by atoms with E-state index in [1.807, 2.05) is 0 Å². The zero-order valence-electron chi connectivity index (χ0n) is 12.6. The summed E-state index contributed by atoms with van der Waals surface area (Å²) in [5.74, 6) is 0. The van der Waals surface area contributed by atoms with Crippen molar-refractivity contribution in [1.82, 2.24) is 0 Å². The summed E-state index contributed by atoms with van der Waals surface area (Å²) in [5, 5.41) is 11.2. The van der Waals surface area contributed by atoms with Crippen molar-refractivity contribution in [3.8, 4) is 0 Å². The molecule has 0 heterocycles. The molecule has 0 saturated carbocycles. The zero-order chi connectivity index (χ0) is 16.4. The molecular weight excluding hydrogens is 289 g/mol. The van der Waals surface area contributed by atoms with E-state index in [1.54, 1.807) is 60.7 Å². The number of benzene rings is 2. The van der Waals surface area contributed by atoms with Crippen LogP contribution in [-0.2, 0) is 5.60 Å². The number of rotatable bonds is 4. The van der Waals surface area contributed by atoms with Crippen molar-refractivity contribution in [2.24, 2.45) is 5.41 Å². The number of halogens is 3.